The summed E-state index contributed by atoms with van der Waals surface area (Å²) in [6.07, 6.45) is 0. The number of hydrogen-bond donors (Lipinski definition) is 2. The highest BCUT2D eigenvalue weighted by Gasteiger charge is 2.08. The number of urea groups is 1. The molecule has 0 bridgehead atoms. The Morgan fingerprint density at radius 3 is 2.27 bits per heavy atom. The van der Waals surface area contributed by atoms with Crippen LogP contribution in [0.5, 0.6) is 0 Å². The van der Waals surface area contributed by atoms with Crippen LogP contribution in [-0.4, -0.2) is 19.8 Å². The van der Waals surface area contributed by atoms with Crippen molar-refractivity contribution in [3.8, 4) is 0 Å². The third-order valence-electron chi connectivity index (χ3n) is 1.75. The quantitative estimate of drug-likeness (QED) is 0.558. The Morgan fingerprint density at radius 1 is 1.27 bits per heavy atom. The number of carbonyl (C=O) groups excluding carboxylic acids is 1. The number of aromatic nitrogens is 3. The fourth-order valence-electron chi connectivity index (χ4n) is 0.976. The van der Waals surface area contributed by atoms with E-state index in [0.29, 0.717) is 0 Å². The molecule has 0 aliphatic carbocycles. The lowest BCUT2D eigenvalue weighted by molar-refractivity contribution is 0.256. The molecule has 1 rings (SSSR count). The van der Waals surface area contributed by atoms with Crippen molar-refractivity contribution >= 4 is 18.2 Å². The lowest BCUT2D eigenvalue weighted by Gasteiger charge is -2.09. The van der Waals surface area contributed by atoms with Gasteiger partial charge in [-0.25, -0.2) is 24.4 Å². The lowest BCUT2D eigenvalue weighted by atomic mass is 10.8. The second kappa shape index (κ2) is 3.69. The Kier molecular flexibility index (Phi) is 2.75. The first-order valence-corrected chi connectivity index (χ1v) is 4.22. The summed E-state index contributed by atoms with van der Waals surface area (Å²) in [5.41, 5.74) is 5.52. The van der Waals surface area contributed by atoms with Gasteiger partial charge in [0.15, 0.2) is 0 Å². The Hall–Kier alpha value is -1.90. The molecule has 1 aromatic heterocycles. The molecule has 15 heavy (non-hydrogen) atoms. The maximum atomic E-state index is 11.5. The second-order valence-corrected chi connectivity index (χ2v) is 3.14. The summed E-state index contributed by atoms with van der Waals surface area (Å²) in [5.74, 6) is 0. The van der Waals surface area contributed by atoms with E-state index in [0.717, 1.165) is 13.8 Å². The number of nitrogens with zero attached hydrogens (tertiary/aromatic N) is 3. The Morgan fingerprint density at radius 2 is 1.80 bits per heavy atom. The topological polar surface area (TPSA) is 104 Å². The Bertz CT molecular complexity index is 540. The zero-order chi connectivity index (χ0) is 11.7. The molecule has 0 spiro atoms. The highest BCUT2D eigenvalue weighted by Crippen LogP contribution is 1.79. The molecular formula is C6H9N5O3S. The van der Waals surface area contributed by atoms with Crippen molar-refractivity contribution in [2.75, 3.05) is 5.43 Å². The predicted molar refractivity (Wildman–Crippen MR) is 54.7 cm³/mol. The molecule has 0 radical (unpaired) electrons. The molecule has 0 aliphatic heterocycles. The summed E-state index contributed by atoms with van der Waals surface area (Å²) in [5, 5.41) is 0. The van der Waals surface area contributed by atoms with E-state index in [1.54, 1.807) is 0 Å². The van der Waals surface area contributed by atoms with Gasteiger partial charge in [0, 0.05) is 14.1 Å². The fourth-order valence-corrected chi connectivity index (χ4v) is 1.18. The van der Waals surface area contributed by atoms with Crippen LogP contribution in [0.3, 0.4) is 0 Å². The average Bonchev–Trinajstić information content (AvgIpc) is 2.18. The molecule has 82 valence electrons. The smallest absolute Gasteiger partial charge is 0.350 e. The minimum atomic E-state index is -0.943. The Labute approximate surface area is 88.5 Å². The maximum absolute atomic E-state index is 11.5. The highest BCUT2D eigenvalue weighted by atomic mass is 32.1. The van der Waals surface area contributed by atoms with E-state index >= 15 is 0 Å². The molecule has 0 aromatic carbocycles. The molecule has 0 atom stereocenters. The predicted octanol–water partition coefficient (Wildman–Crippen LogP) is -1.76. The molecule has 9 heteroatoms. The number of amides is 2. The first-order chi connectivity index (χ1) is 6.86. The van der Waals surface area contributed by atoms with E-state index in [9.17, 15) is 14.4 Å². The summed E-state index contributed by atoms with van der Waals surface area (Å²) in [6.45, 7) is 0. The number of hydrogen-bond acceptors (Lipinski definition) is 4. The van der Waals surface area contributed by atoms with E-state index in [1.165, 1.54) is 14.1 Å². The van der Waals surface area contributed by atoms with Crippen molar-refractivity contribution in [2.45, 2.75) is 0 Å². The summed E-state index contributed by atoms with van der Waals surface area (Å²) in [4.78, 5) is 33.4. The van der Waals surface area contributed by atoms with E-state index in [1.807, 2.05) is 5.43 Å². The second-order valence-electron chi connectivity index (χ2n) is 2.78. The standard InChI is InChI=1S/C6H9N5O3S/c1-9-4(13)10(2)6(15)11(5(9)14)8-3(7)12/h1-2H3,(H3,7,8,12). The normalized spacial score (nSPS) is 10.0. The minimum absolute atomic E-state index is 0.137. The van der Waals surface area contributed by atoms with Crippen LogP contribution in [0.15, 0.2) is 9.59 Å². The van der Waals surface area contributed by atoms with Crippen molar-refractivity contribution < 1.29 is 4.79 Å². The van der Waals surface area contributed by atoms with Crippen molar-refractivity contribution in [2.24, 2.45) is 19.8 Å². The van der Waals surface area contributed by atoms with E-state index in [-0.39, 0.29) is 4.77 Å². The first-order valence-electron chi connectivity index (χ1n) is 3.81. The monoisotopic (exact) mass is 231 g/mol. The van der Waals surface area contributed by atoms with Crippen LogP contribution in [0.1, 0.15) is 0 Å². The molecule has 8 nitrogen and oxygen atoms in total. The van der Waals surface area contributed by atoms with Crippen molar-refractivity contribution in [3.05, 3.63) is 25.7 Å². The molecule has 1 heterocycles. The summed E-state index contributed by atoms with van der Waals surface area (Å²) in [7, 11) is 2.64. The lowest BCUT2D eigenvalue weighted by Crippen LogP contribution is -2.48. The third kappa shape index (κ3) is 1.81. The summed E-state index contributed by atoms with van der Waals surface area (Å²) < 4.78 is 2.42. The average molecular weight is 231 g/mol. The van der Waals surface area contributed by atoms with Crippen LogP contribution in [-0.2, 0) is 14.1 Å². The van der Waals surface area contributed by atoms with E-state index < -0.39 is 17.4 Å². The summed E-state index contributed by atoms with van der Waals surface area (Å²) in [6, 6.07) is -0.943. The Balaban J connectivity index is 3.68. The number of carbonyl (C=O) groups is 1. The molecule has 0 aliphatic rings. The van der Waals surface area contributed by atoms with Gasteiger partial charge in [0.2, 0.25) is 4.77 Å². The molecule has 0 fully saturated rings. The van der Waals surface area contributed by atoms with Gasteiger partial charge in [0.05, 0.1) is 0 Å². The largest absolute Gasteiger partial charge is 0.353 e. The van der Waals surface area contributed by atoms with Crippen LogP contribution in [0.4, 0.5) is 4.79 Å². The highest BCUT2D eigenvalue weighted by molar-refractivity contribution is 7.71. The SMILES string of the molecule is Cn1c(=O)n(C)c(=S)n(NC(N)=O)c1=O. The molecule has 2 amide bonds. The van der Waals surface area contributed by atoms with Gasteiger partial charge in [0.25, 0.3) is 0 Å². The van der Waals surface area contributed by atoms with Crippen molar-refractivity contribution in [3.63, 3.8) is 0 Å². The molecular weight excluding hydrogens is 222 g/mol. The van der Waals surface area contributed by atoms with Crippen LogP contribution < -0.4 is 22.5 Å². The van der Waals surface area contributed by atoms with Crippen molar-refractivity contribution in [1.29, 1.82) is 0 Å². The molecule has 0 saturated heterocycles. The van der Waals surface area contributed by atoms with Crippen molar-refractivity contribution in [1.82, 2.24) is 13.8 Å². The number of primary amides is 1. The van der Waals surface area contributed by atoms with E-state index in [2.05, 4.69) is 0 Å². The zero-order valence-corrected chi connectivity index (χ0v) is 8.87. The fraction of sp³-hybridized carbons (Fsp3) is 0.333. The first kappa shape index (κ1) is 11.2. The van der Waals surface area contributed by atoms with Gasteiger partial charge in [-0.05, 0) is 12.2 Å². The van der Waals surface area contributed by atoms with Crippen LogP contribution in [0.2, 0.25) is 0 Å². The van der Waals surface area contributed by atoms with Gasteiger partial charge in [-0.15, -0.1) is 0 Å². The van der Waals surface area contributed by atoms with Gasteiger partial charge in [0.1, 0.15) is 0 Å². The van der Waals surface area contributed by atoms with E-state index in [4.69, 9.17) is 18.0 Å². The van der Waals surface area contributed by atoms with Crippen LogP contribution in [0.25, 0.3) is 0 Å². The van der Waals surface area contributed by atoms with Gasteiger partial charge < -0.3 is 5.73 Å². The number of rotatable bonds is 1. The summed E-state index contributed by atoms with van der Waals surface area (Å²) >= 11 is 4.79. The third-order valence-corrected chi connectivity index (χ3v) is 2.21. The van der Waals surface area contributed by atoms with Gasteiger partial charge >= 0.3 is 17.4 Å². The van der Waals surface area contributed by atoms with Gasteiger partial charge in [-0.3, -0.25) is 4.57 Å². The number of nitrogens with two attached hydrogens (primary N) is 1. The molecule has 3 N–H and O–H groups in total. The van der Waals surface area contributed by atoms with Gasteiger partial charge in [-0.1, -0.05) is 0 Å². The molecule has 0 saturated carbocycles. The number of nitrogens with one attached hydrogen (secondary N) is 1. The maximum Gasteiger partial charge on any atom is 0.353 e. The van der Waals surface area contributed by atoms with Crippen LogP contribution >= 0.6 is 12.2 Å². The molecule has 1 aromatic rings. The zero-order valence-electron chi connectivity index (χ0n) is 8.05. The minimum Gasteiger partial charge on any atom is -0.350 e. The van der Waals surface area contributed by atoms with Gasteiger partial charge in [-0.2, -0.15) is 4.68 Å². The molecule has 0 unspecified atom stereocenters. The van der Waals surface area contributed by atoms with Crippen LogP contribution in [0, 0.1) is 4.77 Å².